The van der Waals surface area contributed by atoms with Crippen molar-refractivity contribution in [1.82, 2.24) is 0 Å². The Labute approximate surface area is 66.0 Å². The molecule has 1 unspecified atom stereocenters. The zero-order valence-electron chi connectivity index (χ0n) is 6.59. The first-order chi connectivity index (χ1) is 5.16. The molecular formula is C8H12NO2. The minimum absolute atomic E-state index is 0.0593. The van der Waals surface area contributed by atoms with Crippen LogP contribution in [-0.2, 0) is 9.59 Å². The molecule has 1 rings (SSSR count). The summed E-state index contributed by atoms with van der Waals surface area (Å²) in [5.74, 6) is 0.221. The van der Waals surface area contributed by atoms with E-state index in [1.165, 1.54) is 0 Å². The number of hydrogen-bond acceptors (Lipinski definition) is 3. The van der Waals surface area contributed by atoms with Crippen molar-refractivity contribution in [3.8, 4) is 0 Å². The van der Waals surface area contributed by atoms with E-state index in [-0.39, 0.29) is 24.0 Å². The van der Waals surface area contributed by atoms with Crippen molar-refractivity contribution in [2.75, 3.05) is 0 Å². The van der Waals surface area contributed by atoms with Crippen LogP contribution < -0.4 is 5.73 Å². The van der Waals surface area contributed by atoms with Crippen molar-refractivity contribution in [2.45, 2.75) is 32.2 Å². The number of Topliss-reactive ketones (excluding diaryl/α,β-unsaturated/α-hetero) is 2. The summed E-state index contributed by atoms with van der Waals surface area (Å²) in [6.07, 6.45) is 1.71. The van der Waals surface area contributed by atoms with E-state index in [1.54, 1.807) is 0 Å². The molecule has 1 atom stereocenters. The summed E-state index contributed by atoms with van der Waals surface area (Å²) in [5, 5.41) is 0. The lowest BCUT2D eigenvalue weighted by molar-refractivity contribution is -0.134. The molecule has 0 aliphatic heterocycles. The molecule has 1 fully saturated rings. The van der Waals surface area contributed by atoms with Gasteiger partial charge < -0.3 is 5.73 Å². The molecule has 3 nitrogen and oxygen atoms in total. The lowest BCUT2D eigenvalue weighted by Crippen LogP contribution is -2.47. The molecule has 0 heterocycles. The normalized spacial score (nSPS) is 21.6. The van der Waals surface area contributed by atoms with Gasteiger partial charge in [-0.3, -0.25) is 9.59 Å². The second-order valence-electron chi connectivity index (χ2n) is 2.83. The molecule has 0 saturated heterocycles. The van der Waals surface area contributed by atoms with Crippen LogP contribution in [0.2, 0.25) is 0 Å². The maximum absolute atomic E-state index is 10.8. The summed E-state index contributed by atoms with van der Waals surface area (Å²) in [5.41, 5.74) is 5.59. The Balaban J connectivity index is 2.46. The SMILES string of the molecule is CCCC(N)[C]1C(=O)CC1=O. The molecule has 0 amide bonds. The maximum atomic E-state index is 10.8. The maximum Gasteiger partial charge on any atom is 0.156 e. The van der Waals surface area contributed by atoms with E-state index in [9.17, 15) is 9.59 Å². The fraction of sp³-hybridized carbons (Fsp3) is 0.625. The Hall–Kier alpha value is -0.700. The zero-order valence-corrected chi connectivity index (χ0v) is 6.59. The summed E-state index contributed by atoms with van der Waals surface area (Å²) in [6.45, 7) is 1.98. The van der Waals surface area contributed by atoms with Crippen LogP contribution in [0.4, 0.5) is 0 Å². The highest BCUT2D eigenvalue weighted by molar-refractivity contribution is 6.33. The Morgan fingerprint density at radius 3 is 2.36 bits per heavy atom. The van der Waals surface area contributed by atoms with Crippen molar-refractivity contribution < 1.29 is 9.59 Å². The van der Waals surface area contributed by atoms with E-state index in [2.05, 4.69) is 0 Å². The van der Waals surface area contributed by atoms with Crippen molar-refractivity contribution >= 4 is 11.6 Å². The molecule has 2 N–H and O–H groups in total. The first-order valence-corrected chi connectivity index (χ1v) is 3.85. The van der Waals surface area contributed by atoms with Crippen LogP contribution >= 0.6 is 0 Å². The fourth-order valence-electron chi connectivity index (χ4n) is 1.25. The molecular weight excluding hydrogens is 142 g/mol. The zero-order chi connectivity index (χ0) is 8.43. The van der Waals surface area contributed by atoms with E-state index in [0.717, 1.165) is 12.8 Å². The molecule has 1 aliphatic rings. The number of hydrogen-bond donors (Lipinski definition) is 1. The Morgan fingerprint density at radius 1 is 1.45 bits per heavy atom. The smallest absolute Gasteiger partial charge is 0.156 e. The summed E-state index contributed by atoms with van der Waals surface area (Å²) >= 11 is 0. The van der Waals surface area contributed by atoms with Gasteiger partial charge in [-0.15, -0.1) is 0 Å². The minimum Gasteiger partial charge on any atom is -0.326 e. The van der Waals surface area contributed by atoms with E-state index in [4.69, 9.17) is 5.73 Å². The molecule has 3 heteroatoms. The largest absolute Gasteiger partial charge is 0.326 e. The summed E-state index contributed by atoms with van der Waals surface area (Å²) in [6, 6.07) is -0.311. The van der Waals surface area contributed by atoms with Gasteiger partial charge in [0.15, 0.2) is 11.6 Å². The van der Waals surface area contributed by atoms with E-state index >= 15 is 0 Å². The minimum atomic E-state index is -0.311. The Kier molecular flexibility index (Phi) is 2.39. The monoisotopic (exact) mass is 154 g/mol. The first-order valence-electron chi connectivity index (χ1n) is 3.85. The van der Waals surface area contributed by atoms with Crippen LogP contribution in [0.1, 0.15) is 26.2 Å². The van der Waals surface area contributed by atoms with Gasteiger partial charge in [0.05, 0.1) is 6.42 Å². The highest BCUT2D eigenvalue weighted by Gasteiger charge is 2.42. The summed E-state index contributed by atoms with van der Waals surface area (Å²) in [4.78, 5) is 21.6. The van der Waals surface area contributed by atoms with Gasteiger partial charge in [0.25, 0.3) is 0 Å². The van der Waals surface area contributed by atoms with Crippen LogP contribution in [0.3, 0.4) is 0 Å². The quantitative estimate of drug-likeness (QED) is 0.592. The molecule has 1 aliphatic carbocycles. The lowest BCUT2D eigenvalue weighted by atomic mass is 9.76. The van der Waals surface area contributed by atoms with Crippen LogP contribution in [0, 0.1) is 5.92 Å². The number of ketones is 2. The van der Waals surface area contributed by atoms with E-state index in [0.29, 0.717) is 5.92 Å². The van der Waals surface area contributed by atoms with Crippen LogP contribution in [0.25, 0.3) is 0 Å². The van der Waals surface area contributed by atoms with Crippen molar-refractivity contribution in [2.24, 2.45) is 5.73 Å². The highest BCUT2D eigenvalue weighted by Crippen LogP contribution is 2.25. The lowest BCUT2D eigenvalue weighted by Gasteiger charge is -2.26. The average molecular weight is 154 g/mol. The van der Waals surface area contributed by atoms with Gasteiger partial charge in [-0.2, -0.15) is 0 Å². The molecule has 0 spiro atoms. The predicted octanol–water partition coefficient (Wildman–Crippen LogP) is 0.230. The molecule has 0 bridgehead atoms. The molecule has 0 aromatic carbocycles. The fourth-order valence-corrected chi connectivity index (χ4v) is 1.25. The van der Waals surface area contributed by atoms with Crippen LogP contribution in [-0.4, -0.2) is 17.6 Å². The van der Waals surface area contributed by atoms with E-state index < -0.39 is 0 Å². The standard InChI is InChI=1S/C8H12NO2/c1-2-3-5(9)8-6(10)4-7(8)11/h5H,2-4,9H2,1H3. The molecule has 0 aromatic rings. The summed E-state index contributed by atoms with van der Waals surface area (Å²) < 4.78 is 0. The third-order valence-electron chi connectivity index (χ3n) is 1.89. The topological polar surface area (TPSA) is 60.2 Å². The number of nitrogens with two attached hydrogens (primary N) is 1. The third kappa shape index (κ3) is 1.48. The Morgan fingerprint density at radius 2 is 2.00 bits per heavy atom. The number of rotatable bonds is 3. The Bertz CT molecular complexity index is 175. The van der Waals surface area contributed by atoms with Crippen LogP contribution in [0.5, 0.6) is 0 Å². The molecule has 1 saturated carbocycles. The molecule has 0 aromatic heterocycles. The second-order valence-corrected chi connectivity index (χ2v) is 2.83. The third-order valence-corrected chi connectivity index (χ3v) is 1.89. The summed E-state index contributed by atoms with van der Waals surface area (Å²) in [7, 11) is 0. The second kappa shape index (κ2) is 3.13. The predicted molar refractivity (Wildman–Crippen MR) is 40.8 cm³/mol. The van der Waals surface area contributed by atoms with Crippen LogP contribution in [0.15, 0.2) is 0 Å². The van der Waals surface area contributed by atoms with Gasteiger partial charge in [-0.1, -0.05) is 13.3 Å². The van der Waals surface area contributed by atoms with Gasteiger partial charge in [0.1, 0.15) is 5.92 Å². The van der Waals surface area contributed by atoms with Crippen molar-refractivity contribution in [3.05, 3.63) is 5.92 Å². The highest BCUT2D eigenvalue weighted by atomic mass is 16.2. The molecule has 11 heavy (non-hydrogen) atoms. The molecule has 1 radical (unpaired) electrons. The van der Waals surface area contributed by atoms with E-state index in [1.807, 2.05) is 6.92 Å². The average Bonchev–Trinajstić information content (AvgIpc) is 1.87. The first kappa shape index (κ1) is 8.40. The van der Waals surface area contributed by atoms with Crippen molar-refractivity contribution in [1.29, 1.82) is 0 Å². The van der Waals surface area contributed by atoms with Gasteiger partial charge >= 0.3 is 0 Å². The van der Waals surface area contributed by atoms with Gasteiger partial charge in [-0.25, -0.2) is 0 Å². The number of carbonyl (C=O) groups excluding carboxylic acids is 2. The van der Waals surface area contributed by atoms with Gasteiger partial charge in [0, 0.05) is 6.04 Å². The van der Waals surface area contributed by atoms with Crippen molar-refractivity contribution in [3.63, 3.8) is 0 Å². The molecule has 61 valence electrons. The van der Waals surface area contributed by atoms with Gasteiger partial charge in [-0.05, 0) is 6.42 Å². The number of carbonyl (C=O) groups is 2. The van der Waals surface area contributed by atoms with Gasteiger partial charge in [0.2, 0.25) is 0 Å².